The fraction of sp³-hybridized carbons (Fsp3) is 0.714. The zero-order valence-corrected chi connectivity index (χ0v) is 14.0. The lowest BCUT2D eigenvalue weighted by Crippen LogP contribution is -2.36. The van der Waals surface area contributed by atoms with Crippen LogP contribution >= 0.6 is 0 Å². The monoisotopic (exact) mass is 328 g/mol. The second kappa shape index (κ2) is 7.23. The van der Waals surface area contributed by atoms with Crippen LogP contribution in [0, 0.1) is 0 Å². The summed E-state index contributed by atoms with van der Waals surface area (Å²) in [6.45, 7) is 5.90. The average molecular weight is 328 g/mol. The van der Waals surface area contributed by atoms with Gasteiger partial charge in [0, 0.05) is 38.3 Å². The van der Waals surface area contributed by atoms with Gasteiger partial charge in [0.25, 0.3) is 0 Å². The first kappa shape index (κ1) is 17.0. The van der Waals surface area contributed by atoms with Gasteiger partial charge >= 0.3 is 0 Å². The highest BCUT2D eigenvalue weighted by Crippen LogP contribution is 2.16. The molecule has 124 valence electrons. The molecule has 1 aliphatic rings. The summed E-state index contributed by atoms with van der Waals surface area (Å²) in [5, 5.41) is 4.00. The van der Waals surface area contributed by atoms with Crippen LogP contribution in [0.5, 0.6) is 0 Å². The molecule has 0 spiro atoms. The number of hydrogen-bond acceptors (Lipinski definition) is 4. The van der Waals surface area contributed by atoms with Crippen LogP contribution in [0.2, 0.25) is 0 Å². The van der Waals surface area contributed by atoms with Crippen molar-refractivity contribution in [3.05, 3.63) is 12.4 Å². The van der Waals surface area contributed by atoms with E-state index in [1.807, 2.05) is 18.7 Å². The molecular weight excluding hydrogens is 304 g/mol. The highest BCUT2D eigenvalue weighted by Gasteiger charge is 2.26. The molecule has 1 aliphatic heterocycles. The molecule has 0 aliphatic carbocycles. The lowest BCUT2D eigenvalue weighted by atomic mass is 10.1. The summed E-state index contributed by atoms with van der Waals surface area (Å²) >= 11 is 0. The molecule has 1 fully saturated rings. The van der Waals surface area contributed by atoms with Crippen LogP contribution in [0.4, 0.5) is 0 Å². The molecule has 2 rings (SSSR count). The summed E-state index contributed by atoms with van der Waals surface area (Å²) in [5.41, 5.74) is 0. The zero-order valence-electron chi connectivity index (χ0n) is 13.2. The van der Waals surface area contributed by atoms with Crippen molar-refractivity contribution in [2.75, 3.05) is 13.1 Å². The number of aryl methyl sites for hydroxylation is 1. The number of nitrogens with zero attached hydrogens (tertiary/aromatic N) is 3. The minimum Gasteiger partial charge on any atom is -0.343 e. The highest BCUT2D eigenvalue weighted by atomic mass is 32.2. The largest absolute Gasteiger partial charge is 0.343 e. The van der Waals surface area contributed by atoms with E-state index < -0.39 is 10.0 Å². The van der Waals surface area contributed by atoms with Crippen molar-refractivity contribution in [3.63, 3.8) is 0 Å². The Hall–Kier alpha value is -1.41. The number of carbonyl (C=O) groups is 1. The van der Waals surface area contributed by atoms with Crippen LogP contribution in [0.15, 0.2) is 17.3 Å². The molecule has 1 aromatic rings. The van der Waals surface area contributed by atoms with Gasteiger partial charge < -0.3 is 4.90 Å². The van der Waals surface area contributed by atoms with Crippen molar-refractivity contribution >= 4 is 15.9 Å². The van der Waals surface area contributed by atoms with Crippen molar-refractivity contribution in [2.24, 2.45) is 0 Å². The summed E-state index contributed by atoms with van der Waals surface area (Å²) in [6.07, 6.45) is 5.37. The molecule has 1 atom stereocenters. The van der Waals surface area contributed by atoms with Gasteiger partial charge in [0.15, 0.2) is 0 Å². The molecule has 1 amide bonds. The van der Waals surface area contributed by atoms with Crippen LogP contribution in [0.1, 0.15) is 39.5 Å². The quantitative estimate of drug-likeness (QED) is 0.843. The number of sulfonamides is 1. The number of nitrogens with one attached hydrogen (secondary N) is 1. The topological polar surface area (TPSA) is 84.3 Å². The molecule has 0 bridgehead atoms. The molecule has 0 saturated carbocycles. The highest BCUT2D eigenvalue weighted by molar-refractivity contribution is 7.89. The van der Waals surface area contributed by atoms with Gasteiger partial charge in [-0.05, 0) is 26.2 Å². The average Bonchev–Trinajstić information content (AvgIpc) is 2.91. The number of amides is 1. The Bertz CT molecular complexity index is 611. The lowest BCUT2D eigenvalue weighted by molar-refractivity contribution is -0.130. The third kappa shape index (κ3) is 4.07. The summed E-state index contributed by atoms with van der Waals surface area (Å²) in [4.78, 5) is 14.0. The molecule has 22 heavy (non-hydrogen) atoms. The van der Waals surface area contributed by atoms with Crippen LogP contribution in [0.3, 0.4) is 0 Å². The minimum absolute atomic E-state index is 0.113. The van der Waals surface area contributed by atoms with Gasteiger partial charge in [-0.25, -0.2) is 13.1 Å². The molecule has 8 heteroatoms. The normalized spacial score (nSPS) is 20.2. The first-order valence-electron chi connectivity index (χ1n) is 7.78. The first-order valence-corrected chi connectivity index (χ1v) is 9.27. The van der Waals surface area contributed by atoms with E-state index in [0.717, 1.165) is 13.0 Å². The maximum absolute atomic E-state index is 12.4. The third-order valence-corrected chi connectivity index (χ3v) is 5.34. The number of aromatic nitrogens is 2. The van der Waals surface area contributed by atoms with E-state index >= 15 is 0 Å². The van der Waals surface area contributed by atoms with Gasteiger partial charge in [0.05, 0.1) is 6.20 Å². The van der Waals surface area contributed by atoms with Crippen LogP contribution in [-0.4, -0.2) is 48.1 Å². The van der Waals surface area contributed by atoms with Crippen molar-refractivity contribution < 1.29 is 13.2 Å². The number of rotatable bonds is 6. The van der Waals surface area contributed by atoms with Crippen LogP contribution in [-0.2, 0) is 21.4 Å². The molecule has 1 saturated heterocycles. The predicted octanol–water partition coefficient (Wildman–Crippen LogP) is 0.972. The Kier molecular flexibility index (Phi) is 5.57. The molecular formula is C14H24N4O3S. The van der Waals surface area contributed by atoms with Crippen molar-refractivity contribution in [1.82, 2.24) is 19.4 Å². The molecule has 2 heterocycles. The van der Waals surface area contributed by atoms with Gasteiger partial charge in [-0.1, -0.05) is 6.92 Å². The van der Waals surface area contributed by atoms with Gasteiger partial charge in [-0.15, -0.1) is 0 Å². The summed E-state index contributed by atoms with van der Waals surface area (Å²) in [6, 6.07) is -0.208. The van der Waals surface area contributed by atoms with Crippen LogP contribution < -0.4 is 4.72 Å². The second-order valence-corrected chi connectivity index (χ2v) is 7.27. The predicted molar refractivity (Wildman–Crippen MR) is 82.7 cm³/mol. The van der Waals surface area contributed by atoms with Crippen molar-refractivity contribution in [1.29, 1.82) is 0 Å². The van der Waals surface area contributed by atoms with Crippen molar-refractivity contribution in [2.45, 2.75) is 57.0 Å². The smallest absolute Gasteiger partial charge is 0.243 e. The van der Waals surface area contributed by atoms with E-state index in [0.29, 0.717) is 32.4 Å². The molecule has 1 aromatic heterocycles. The minimum atomic E-state index is -3.58. The first-order chi connectivity index (χ1) is 10.5. The standard InChI is InChI=1S/C14H24N4O3S/c1-3-8-17-9-7-12(5-6-14(17)19)16-22(20,21)13-10-15-18(4-2)11-13/h10-12,16H,3-9H2,1-2H3. The Morgan fingerprint density at radius 1 is 1.36 bits per heavy atom. The lowest BCUT2D eigenvalue weighted by Gasteiger charge is -2.20. The molecule has 1 unspecified atom stereocenters. The molecule has 0 aromatic carbocycles. The zero-order chi connectivity index (χ0) is 16.2. The van der Waals surface area contributed by atoms with Crippen LogP contribution in [0.25, 0.3) is 0 Å². The Morgan fingerprint density at radius 2 is 2.14 bits per heavy atom. The van der Waals surface area contributed by atoms with E-state index in [1.165, 1.54) is 12.4 Å². The van der Waals surface area contributed by atoms with Crippen molar-refractivity contribution in [3.8, 4) is 0 Å². The Morgan fingerprint density at radius 3 is 2.77 bits per heavy atom. The Labute approximate surface area is 131 Å². The fourth-order valence-corrected chi connectivity index (χ4v) is 3.86. The van der Waals surface area contributed by atoms with Gasteiger partial charge in [0.2, 0.25) is 15.9 Å². The Balaban J connectivity index is 2.02. The maximum Gasteiger partial charge on any atom is 0.243 e. The summed E-state index contributed by atoms with van der Waals surface area (Å²) in [5.74, 6) is 0.113. The molecule has 7 nitrogen and oxygen atoms in total. The van der Waals surface area contributed by atoms with E-state index in [2.05, 4.69) is 9.82 Å². The van der Waals surface area contributed by atoms with E-state index in [-0.39, 0.29) is 16.8 Å². The number of hydrogen-bond donors (Lipinski definition) is 1. The SMILES string of the molecule is CCCN1CCC(NS(=O)(=O)c2cnn(CC)c2)CCC1=O. The molecule has 1 N–H and O–H groups in total. The number of carbonyl (C=O) groups excluding carboxylic acids is 1. The summed E-state index contributed by atoms with van der Waals surface area (Å²) in [7, 11) is -3.58. The van der Waals surface area contributed by atoms with Gasteiger partial charge in [-0.3, -0.25) is 9.48 Å². The third-order valence-electron chi connectivity index (χ3n) is 3.87. The maximum atomic E-state index is 12.4. The second-order valence-electron chi connectivity index (χ2n) is 5.56. The fourth-order valence-electron chi connectivity index (χ4n) is 2.60. The van der Waals surface area contributed by atoms with Gasteiger partial charge in [0.1, 0.15) is 4.90 Å². The van der Waals surface area contributed by atoms with E-state index in [9.17, 15) is 13.2 Å². The van der Waals surface area contributed by atoms with E-state index in [4.69, 9.17) is 0 Å². The molecule has 0 radical (unpaired) electrons. The number of likely N-dealkylation sites (tertiary alicyclic amines) is 1. The van der Waals surface area contributed by atoms with Gasteiger partial charge in [-0.2, -0.15) is 5.10 Å². The summed E-state index contributed by atoms with van der Waals surface area (Å²) < 4.78 is 29.0. The van der Waals surface area contributed by atoms with E-state index in [1.54, 1.807) is 4.68 Å².